The first-order chi connectivity index (χ1) is 11.4. The molecule has 2 fully saturated rings. The van der Waals surface area contributed by atoms with Crippen LogP contribution in [0.1, 0.15) is 13.3 Å². The fourth-order valence-electron chi connectivity index (χ4n) is 3.67. The van der Waals surface area contributed by atoms with Gasteiger partial charge in [0.1, 0.15) is 12.8 Å². The molecular formula is C16H25N2O5S+. The summed E-state index contributed by atoms with van der Waals surface area (Å²) in [6.07, 6.45) is -0.187. The van der Waals surface area contributed by atoms with Crippen LogP contribution < -0.4 is 0 Å². The number of aliphatic carboxylic acids is 1. The minimum absolute atomic E-state index is 0.126. The van der Waals surface area contributed by atoms with Gasteiger partial charge in [-0.05, 0) is 6.92 Å². The van der Waals surface area contributed by atoms with Crippen LogP contribution >= 0.6 is 11.8 Å². The van der Waals surface area contributed by atoms with E-state index in [1.807, 2.05) is 7.11 Å². The number of nitrogens with zero attached hydrogens (tertiary/aromatic N) is 2. The summed E-state index contributed by atoms with van der Waals surface area (Å²) in [5.74, 6) is -0.964. The van der Waals surface area contributed by atoms with E-state index in [1.165, 1.54) is 16.7 Å². The molecule has 1 amide bonds. The number of hydrogen-bond acceptors (Lipinski definition) is 5. The van der Waals surface area contributed by atoms with Crippen LogP contribution in [0.5, 0.6) is 0 Å². The summed E-state index contributed by atoms with van der Waals surface area (Å²) in [6, 6.07) is -0.189. The zero-order valence-electron chi connectivity index (χ0n) is 14.1. The number of carboxylic acid groups (broad SMARTS) is 1. The molecule has 8 heteroatoms. The van der Waals surface area contributed by atoms with Gasteiger partial charge in [-0.15, -0.1) is 11.8 Å². The summed E-state index contributed by atoms with van der Waals surface area (Å²) in [6.45, 7) is 6.47. The SMILES string of the molecule is C[C@@H](O)[C@H]1C(=O)N2C(C(=O)O)=C(SCCN3CC[O+](C)CC3)C[C@H]12. The molecule has 3 rings (SSSR count). The summed E-state index contributed by atoms with van der Waals surface area (Å²) >= 11 is 1.54. The standard InChI is InChI=1S/C16H24N2O5S/c1-10(19)13-11-9-12(14(16(21)22)18(11)15(13)20)24-8-5-17-3-6-23(2)7-4-17/h10-11,13,19H,3-9H2,1-2H3/p+1/t10-,11-,13-/m1/s1. The number of aliphatic hydroxyl groups excluding tert-OH is 1. The van der Waals surface area contributed by atoms with Gasteiger partial charge in [0.2, 0.25) is 5.91 Å². The number of thioether (sulfide) groups is 1. The number of hydrogen-bond donors (Lipinski definition) is 2. The van der Waals surface area contributed by atoms with Crippen LogP contribution in [0.25, 0.3) is 0 Å². The lowest BCUT2D eigenvalue weighted by molar-refractivity contribution is -0.161. The van der Waals surface area contributed by atoms with E-state index in [9.17, 15) is 19.8 Å². The number of amides is 1. The number of carbonyl (C=O) groups is 2. The van der Waals surface area contributed by atoms with Gasteiger partial charge in [-0.25, -0.2) is 4.79 Å². The molecule has 2 saturated heterocycles. The van der Waals surface area contributed by atoms with Gasteiger partial charge < -0.3 is 19.5 Å². The van der Waals surface area contributed by atoms with Gasteiger partial charge >= 0.3 is 5.97 Å². The van der Waals surface area contributed by atoms with Gasteiger partial charge in [-0.3, -0.25) is 9.69 Å². The van der Waals surface area contributed by atoms with Crippen molar-refractivity contribution in [1.29, 1.82) is 0 Å². The Bertz CT molecular complexity index is 557. The van der Waals surface area contributed by atoms with Gasteiger partial charge in [-0.1, -0.05) is 0 Å². The first-order valence-electron chi connectivity index (χ1n) is 8.32. The van der Waals surface area contributed by atoms with Crippen molar-refractivity contribution in [1.82, 2.24) is 9.80 Å². The maximum absolute atomic E-state index is 12.1. The zero-order chi connectivity index (χ0) is 17.4. The van der Waals surface area contributed by atoms with Crippen molar-refractivity contribution in [2.75, 3.05) is 45.7 Å². The Kier molecular flexibility index (Phi) is 5.19. The quantitative estimate of drug-likeness (QED) is 0.519. The minimum Gasteiger partial charge on any atom is -0.477 e. The molecule has 0 saturated carbocycles. The third-order valence-electron chi connectivity index (χ3n) is 5.09. The van der Waals surface area contributed by atoms with E-state index < -0.39 is 18.0 Å². The Morgan fingerprint density at radius 2 is 2.08 bits per heavy atom. The summed E-state index contributed by atoms with van der Waals surface area (Å²) < 4.78 is 3.05. The third kappa shape index (κ3) is 3.20. The summed E-state index contributed by atoms with van der Waals surface area (Å²) in [5.41, 5.74) is 0.126. The second-order valence-electron chi connectivity index (χ2n) is 6.70. The van der Waals surface area contributed by atoms with Crippen LogP contribution in [-0.4, -0.2) is 89.7 Å². The second kappa shape index (κ2) is 7.03. The highest BCUT2D eigenvalue weighted by atomic mass is 32.2. The average Bonchev–Trinajstić information content (AvgIpc) is 2.83. The molecule has 24 heavy (non-hydrogen) atoms. The van der Waals surface area contributed by atoms with Gasteiger partial charge in [0.25, 0.3) is 0 Å². The fourth-order valence-corrected chi connectivity index (χ4v) is 4.87. The van der Waals surface area contributed by atoms with Crippen LogP contribution in [0.2, 0.25) is 0 Å². The number of fused-ring (bicyclic) bond motifs is 1. The van der Waals surface area contributed by atoms with E-state index in [2.05, 4.69) is 9.27 Å². The van der Waals surface area contributed by atoms with E-state index >= 15 is 0 Å². The van der Waals surface area contributed by atoms with Crippen LogP contribution in [0, 0.1) is 5.92 Å². The lowest BCUT2D eigenvalue weighted by atomic mass is 9.83. The average molecular weight is 357 g/mol. The van der Waals surface area contributed by atoms with Crippen molar-refractivity contribution in [2.45, 2.75) is 25.5 Å². The van der Waals surface area contributed by atoms with Crippen LogP contribution in [0.3, 0.4) is 0 Å². The number of rotatable bonds is 6. The molecule has 0 aromatic rings. The number of morpholine rings is 1. The van der Waals surface area contributed by atoms with Crippen molar-refractivity contribution in [3.8, 4) is 0 Å². The normalized spacial score (nSPS) is 29.6. The molecular weight excluding hydrogens is 332 g/mol. The van der Waals surface area contributed by atoms with Crippen molar-refractivity contribution in [2.24, 2.45) is 5.92 Å². The highest BCUT2D eigenvalue weighted by Crippen LogP contribution is 2.46. The lowest BCUT2D eigenvalue weighted by Gasteiger charge is -2.44. The number of β-lactam (4-membered cyclic amide) rings is 1. The number of aliphatic hydroxyl groups is 1. The Hall–Kier alpha value is -1.09. The van der Waals surface area contributed by atoms with Crippen molar-refractivity contribution in [3.05, 3.63) is 10.6 Å². The van der Waals surface area contributed by atoms with Gasteiger partial charge in [0.15, 0.2) is 13.2 Å². The maximum Gasteiger partial charge on any atom is 0.353 e. The Balaban J connectivity index is 1.58. The molecule has 0 aromatic carbocycles. The predicted molar refractivity (Wildman–Crippen MR) is 90.7 cm³/mol. The fraction of sp³-hybridized carbons (Fsp3) is 0.750. The first-order valence-corrected chi connectivity index (χ1v) is 9.30. The molecule has 0 unspecified atom stereocenters. The molecule has 7 nitrogen and oxygen atoms in total. The summed E-state index contributed by atoms with van der Waals surface area (Å²) in [4.78, 5) is 28.2. The first kappa shape index (κ1) is 17.7. The summed E-state index contributed by atoms with van der Waals surface area (Å²) in [5, 5.41) is 19.2. The molecule has 3 aliphatic rings. The number of carbonyl (C=O) groups excluding carboxylic acids is 1. The number of carboxylic acids is 1. The molecule has 0 bridgehead atoms. The maximum atomic E-state index is 12.1. The second-order valence-corrected chi connectivity index (χ2v) is 7.89. The zero-order valence-corrected chi connectivity index (χ0v) is 14.9. The largest absolute Gasteiger partial charge is 0.477 e. The van der Waals surface area contributed by atoms with Crippen molar-refractivity contribution < 1.29 is 24.2 Å². The molecule has 0 aliphatic carbocycles. The van der Waals surface area contributed by atoms with Gasteiger partial charge in [0, 0.05) is 23.6 Å². The van der Waals surface area contributed by atoms with Crippen LogP contribution in [0.4, 0.5) is 0 Å². The topological polar surface area (TPSA) is 83.8 Å². The molecule has 0 aromatic heterocycles. The smallest absolute Gasteiger partial charge is 0.353 e. The lowest BCUT2D eigenvalue weighted by Crippen LogP contribution is -2.61. The molecule has 0 spiro atoms. The van der Waals surface area contributed by atoms with E-state index in [0.29, 0.717) is 6.42 Å². The van der Waals surface area contributed by atoms with Gasteiger partial charge in [-0.2, -0.15) is 0 Å². The van der Waals surface area contributed by atoms with Crippen LogP contribution in [-0.2, 0) is 14.0 Å². The summed E-state index contributed by atoms with van der Waals surface area (Å²) in [7, 11) is 2.04. The monoisotopic (exact) mass is 357 g/mol. The van der Waals surface area contributed by atoms with Crippen molar-refractivity contribution >= 4 is 23.6 Å². The van der Waals surface area contributed by atoms with Gasteiger partial charge in [0.05, 0.1) is 31.2 Å². The van der Waals surface area contributed by atoms with E-state index in [-0.39, 0.29) is 17.6 Å². The molecule has 134 valence electrons. The Morgan fingerprint density at radius 1 is 1.42 bits per heavy atom. The van der Waals surface area contributed by atoms with Crippen molar-refractivity contribution in [3.63, 3.8) is 0 Å². The predicted octanol–water partition coefficient (Wildman–Crippen LogP) is 0.125. The minimum atomic E-state index is -1.05. The Labute approximate surface area is 145 Å². The molecule has 3 atom stereocenters. The molecule has 2 N–H and O–H groups in total. The third-order valence-corrected chi connectivity index (χ3v) is 6.18. The molecule has 3 aliphatic heterocycles. The highest BCUT2D eigenvalue weighted by molar-refractivity contribution is 8.03. The van der Waals surface area contributed by atoms with E-state index in [0.717, 1.165) is 43.5 Å². The highest BCUT2D eigenvalue weighted by Gasteiger charge is 2.56. The van der Waals surface area contributed by atoms with E-state index in [1.54, 1.807) is 6.92 Å². The van der Waals surface area contributed by atoms with Crippen LogP contribution in [0.15, 0.2) is 10.6 Å². The molecule has 3 heterocycles. The van der Waals surface area contributed by atoms with E-state index in [4.69, 9.17) is 0 Å². The molecule has 0 radical (unpaired) electrons. The Morgan fingerprint density at radius 3 is 2.67 bits per heavy atom.